The Morgan fingerprint density at radius 2 is 1.75 bits per heavy atom. The summed E-state index contributed by atoms with van der Waals surface area (Å²) in [5.41, 5.74) is 2.61. The van der Waals surface area contributed by atoms with Crippen molar-refractivity contribution in [1.29, 1.82) is 0 Å². The van der Waals surface area contributed by atoms with E-state index in [-0.39, 0.29) is 5.41 Å². The van der Waals surface area contributed by atoms with Gasteiger partial charge in [-0.3, -0.25) is 4.79 Å². The van der Waals surface area contributed by atoms with Gasteiger partial charge in [0.25, 0.3) is 0 Å². The van der Waals surface area contributed by atoms with Crippen LogP contribution in [0, 0.1) is 0 Å². The van der Waals surface area contributed by atoms with E-state index < -0.39 is 0 Å². The fourth-order valence-electron chi connectivity index (χ4n) is 1.56. The molecular weight excluding hydrogens is 216 g/mol. The highest BCUT2D eigenvalue weighted by atomic mass is 32.2. The maximum absolute atomic E-state index is 11.5. The second-order valence-corrected chi connectivity index (χ2v) is 5.96. The quantitative estimate of drug-likeness (QED) is 0.796. The Hall–Kier alpha value is -0.760. The Morgan fingerprint density at radius 3 is 2.19 bits per heavy atom. The lowest BCUT2D eigenvalue weighted by Gasteiger charge is -2.19. The summed E-state index contributed by atoms with van der Waals surface area (Å²) in [4.78, 5) is 11.5. The van der Waals surface area contributed by atoms with Crippen LogP contribution in [0.4, 0.5) is 0 Å². The third kappa shape index (κ3) is 4.01. The van der Waals surface area contributed by atoms with E-state index in [2.05, 4.69) is 45.0 Å². The number of ketones is 1. The van der Waals surface area contributed by atoms with Gasteiger partial charge in [0.05, 0.1) is 5.75 Å². The maximum Gasteiger partial charge on any atom is 0.147 e. The zero-order valence-corrected chi connectivity index (χ0v) is 11.4. The van der Waals surface area contributed by atoms with Crippen LogP contribution in [0.5, 0.6) is 0 Å². The molecule has 1 aromatic rings. The standard InChI is InChI=1S/C14H20OS/c1-14(2,3)12-7-5-11(6-8-12)9-13(15)10-16-4/h5-8H,9-10H2,1-4H3. The summed E-state index contributed by atoms with van der Waals surface area (Å²) in [5, 5.41) is 0. The first-order valence-electron chi connectivity index (χ1n) is 5.53. The molecule has 0 aliphatic rings. The molecule has 0 fully saturated rings. The first-order valence-corrected chi connectivity index (χ1v) is 6.93. The van der Waals surface area contributed by atoms with Gasteiger partial charge in [0, 0.05) is 6.42 Å². The predicted molar refractivity (Wildman–Crippen MR) is 72.2 cm³/mol. The largest absolute Gasteiger partial charge is 0.298 e. The number of Topliss-reactive ketones (excluding diaryl/α,β-unsaturated/α-hetero) is 1. The molecule has 0 saturated carbocycles. The molecular formula is C14H20OS. The molecule has 1 aromatic carbocycles. The van der Waals surface area contributed by atoms with Crippen LogP contribution in [0.15, 0.2) is 24.3 Å². The third-order valence-electron chi connectivity index (χ3n) is 2.53. The van der Waals surface area contributed by atoms with Crippen LogP contribution >= 0.6 is 11.8 Å². The van der Waals surface area contributed by atoms with Gasteiger partial charge in [-0.15, -0.1) is 0 Å². The fraction of sp³-hybridized carbons (Fsp3) is 0.500. The zero-order chi connectivity index (χ0) is 12.2. The van der Waals surface area contributed by atoms with E-state index in [0.717, 1.165) is 5.56 Å². The molecule has 0 aromatic heterocycles. The first-order chi connectivity index (χ1) is 7.43. The summed E-state index contributed by atoms with van der Waals surface area (Å²) in [5.74, 6) is 0.914. The van der Waals surface area contributed by atoms with Gasteiger partial charge >= 0.3 is 0 Å². The van der Waals surface area contributed by atoms with E-state index in [1.807, 2.05) is 6.26 Å². The van der Waals surface area contributed by atoms with E-state index >= 15 is 0 Å². The Balaban J connectivity index is 2.69. The van der Waals surface area contributed by atoms with Crippen LogP contribution in [0.25, 0.3) is 0 Å². The number of carbonyl (C=O) groups is 1. The molecule has 0 bridgehead atoms. The smallest absolute Gasteiger partial charge is 0.147 e. The molecule has 0 atom stereocenters. The van der Waals surface area contributed by atoms with Crippen LogP contribution in [-0.4, -0.2) is 17.8 Å². The molecule has 0 spiro atoms. The van der Waals surface area contributed by atoms with Crippen LogP contribution in [0.1, 0.15) is 31.9 Å². The number of thioether (sulfide) groups is 1. The predicted octanol–water partition coefficient (Wildman–Crippen LogP) is 3.46. The summed E-state index contributed by atoms with van der Waals surface area (Å²) >= 11 is 1.59. The molecule has 0 heterocycles. The lowest BCUT2D eigenvalue weighted by atomic mass is 9.86. The number of carbonyl (C=O) groups excluding carboxylic acids is 1. The zero-order valence-electron chi connectivity index (χ0n) is 10.5. The van der Waals surface area contributed by atoms with Gasteiger partial charge in [-0.2, -0.15) is 11.8 Å². The topological polar surface area (TPSA) is 17.1 Å². The summed E-state index contributed by atoms with van der Waals surface area (Å²) in [7, 11) is 0. The van der Waals surface area contributed by atoms with Crippen molar-refractivity contribution in [2.75, 3.05) is 12.0 Å². The molecule has 1 nitrogen and oxygen atoms in total. The summed E-state index contributed by atoms with van der Waals surface area (Å²) in [6.45, 7) is 6.59. The van der Waals surface area contributed by atoms with E-state index in [9.17, 15) is 4.79 Å². The normalized spacial score (nSPS) is 11.5. The number of hydrogen-bond donors (Lipinski definition) is 0. The minimum absolute atomic E-state index is 0.182. The van der Waals surface area contributed by atoms with Crippen molar-refractivity contribution in [2.45, 2.75) is 32.6 Å². The Morgan fingerprint density at radius 1 is 1.19 bits per heavy atom. The van der Waals surface area contributed by atoms with Crippen LogP contribution in [-0.2, 0) is 16.6 Å². The van der Waals surface area contributed by atoms with Gasteiger partial charge < -0.3 is 0 Å². The monoisotopic (exact) mass is 236 g/mol. The highest BCUT2D eigenvalue weighted by Gasteiger charge is 2.13. The SMILES string of the molecule is CSCC(=O)Cc1ccc(C(C)(C)C)cc1. The molecule has 2 heteroatoms. The average Bonchev–Trinajstić information content (AvgIpc) is 2.17. The first kappa shape index (κ1) is 13.3. The highest BCUT2D eigenvalue weighted by molar-refractivity contribution is 7.99. The Bertz CT molecular complexity index is 346. The molecule has 0 aliphatic heterocycles. The Labute approximate surface area is 103 Å². The second kappa shape index (κ2) is 5.53. The molecule has 88 valence electrons. The number of hydrogen-bond acceptors (Lipinski definition) is 2. The van der Waals surface area contributed by atoms with Crippen LogP contribution in [0.2, 0.25) is 0 Å². The van der Waals surface area contributed by atoms with Gasteiger partial charge in [-0.05, 0) is 22.8 Å². The van der Waals surface area contributed by atoms with Crippen molar-refractivity contribution in [3.8, 4) is 0 Å². The van der Waals surface area contributed by atoms with E-state index in [1.165, 1.54) is 5.56 Å². The summed E-state index contributed by atoms with van der Waals surface area (Å²) in [6, 6.07) is 8.39. The maximum atomic E-state index is 11.5. The minimum atomic E-state index is 0.182. The van der Waals surface area contributed by atoms with Crippen LogP contribution in [0.3, 0.4) is 0 Å². The fourth-order valence-corrected chi connectivity index (χ4v) is 1.99. The molecule has 1 rings (SSSR count). The number of rotatable bonds is 4. The van der Waals surface area contributed by atoms with Gasteiger partial charge in [-0.25, -0.2) is 0 Å². The molecule has 0 N–H and O–H groups in total. The van der Waals surface area contributed by atoms with Gasteiger partial charge in [0.1, 0.15) is 5.78 Å². The molecule has 0 saturated heterocycles. The van der Waals surface area contributed by atoms with Gasteiger partial charge in [-0.1, -0.05) is 45.0 Å². The lowest BCUT2D eigenvalue weighted by Crippen LogP contribution is -2.11. The summed E-state index contributed by atoms with van der Waals surface area (Å²) in [6.07, 6.45) is 2.52. The molecule has 0 amide bonds. The van der Waals surface area contributed by atoms with Gasteiger partial charge in [0.2, 0.25) is 0 Å². The average molecular weight is 236 g/mol. The van der Waals surface area contributed by atoms with Crippen molar-refractivity contribution < 1.29 is 4.79 Å². The molecule has 0 aliphatic carbocycles. The molecule has 0 radical (unpaired) electrons. The third-order valence-corrected chi connectivity index (χ3v) is 3.14. The minimum Gasteiger partial charge on any atom is -0.298 e. The van der Waals surface area contributed by atoms with E-state index in [4.69, 9.17) is 0 Å². The van der Waals surface area contributed by atoms with Crippen molar-refractivity contribution >= 4 is 17.5 Å². The molecule has 0 unspecified atom stereocenters. The van der Waals surface area contributed by atoms with Crippen molar-refractivity contribution in [3.63, 3.8) is 0 Å². The molecule has 16 heavy (non-hydrogen) atoms. The van der Waals surface area contributed by atoms with Crippen molar-refractivity contribution in [2.24, 2.45) is 0 Å². The lowest BCUT2D eigenvalue weighted by molar-refractivity contribution is -0.115. The van der Waals surface area contributed by atoms with Crippen LogP contribution < -0.4 is 0 Å². The van der Waals surface area contributed by atoms with Gasteiger partial charge in [0.15, 0.2) is 0 Å². The van der Waals surface area contributed by atoms with Crippen molar-refractivity contribution in [1.82, 2.24) is 0 Å². The van der Waals surface area contributed by atoms with E-state index in [0.29, 0.717) is 18.0 Å². The number of benzene rings is 1. The summed E-state index contributed by atoms with van der Waals surface area (Å²) < 4.78 is 0. The van der Waals surface area contributed by atoms with Crippen molar-refractivity contribution in [3.05, 3.63) is 35.4 Å². The van der Waals surface area contributed by atoms with E-state index in [1.54, 1.807) is 11.8 Å². The Kier molecular flexibility index (Phi) is 4.60. The second-order valence-electron chi connectivity index (χ2n) is 5.10. The highest BCUT2D eigenvalue weighted by Crippen LogP contribution is 2.22.